The van der Waals surface area contributed by atoms with Crippen LogP contribution in [0.5, 0.6) is 5.75 Å². The van der Waals surface area contributed by atoms with E-state index in [-0.39, 0.29) is 23.6 Å². The average molecular weight is 905 g/mol. The second-order valence-electron chi connectivity index (χ2n) is 18.8. The second-order valence-corrected chi connectivity index (χ2v) is 20.5. The number of likely N-dealkylation sites (tertiary alicyclic amines) is 2. The number of piperidine rings is 2. The number of aromatic nitrogens is 2. The lowest BCUT2D eigenvalue weighted by Crippen LogP contribution is -2.54. The Morgan fingerprint density at radius 3 is 2.35 bits per heavy atom. The van der Waals surface area contributed by atoms with E-state index in [0.29, 0.717) is 53.2 Å². The van der Waals surface area contributed by atoms with Crippen molar-refractivity contribution in [3.05, 3.63) is 89.6 Å². The number of nitrogens with zero attached hydrogens (tertiary/aromatic N) is 6. The first kappa shape index (κ1) is 44.3. The maximum atomic E-state index is 13.4. The Labute approximate surface area is 379 Å². The van der Waals surface area contributed by atoms with Gasteiger partial charge in [0.25, 0.3) is 11.8 Å². The third-order valence-corrected chi connectivity index (χ3v) is 14.7. The summed E-state index contributed by atoms with van der Waals surface area (Å²) in [6.07, 6.45) is 5.30. The van der Waals surface area contributed by atoms with Crippen LogP contribution in [0.3, 0.4) is 0 Å². The first-order chi connectivity index (χ1) is 31.1. The van der Waals surface area contributed by atoms with Crippen LogP contribution in [0.15, 0.2) is 77.8 Å². The van der Waals surface area contributed by atoms with E-state index in [0.717, 1.165) is 86.1 Å². The van der Waals surface area contributed by atoms with Gasteiger partial charge in [0.1, 0.15) is 24.2 Å². The third-order valence-electron chi connectivity index (χ3n) is 12.9. The number of benzene rings is 3. The number of sulfonamides is 1. The van der Waals surface area contributed by atoms with Crippen molar-refractivity contribution >= 4 is 62.5 Å². The molecule has 17 nitrogen and oxygen atoms in total. The number of aryl methyl sites for hydroxylation is 1. The zero-order chi connectivity index (χ0) is 45.6. The molecule has 3 aromatic carbocycles. The van der Waals surface area contributed by atoms with Crippen molar-refractivity contribution in [2.45, 2.75) is 88.4 Å². The van der Waals surface area contributed by atoms with E-state index in [1.165, 1.54) is 0 Å². The fourth-order valence-electron chi connectivity index (χ4n) is 9.68. The first-order valence-corrected chi connectivity index (χ1v) is 23.9. The van der Waals surface area contributed by atoms with Crippen LogP contribution in [-0.4, -0.2) is 126 Å². The molecule has 0 radical (unpaired) electrons. The number of carbonyl (C=O) groups excluding carboxylic acids is 4. The number of fused-ring (bicyclic) bond motifs is 3. The van der Waals surface area contributed by atoms with Crippen LogP contribution < -0.4 is 30.3 Å². The summed E-state index contributed by atoms with van der Waals surface area (Å²) in [4.78, 5) is 68.5. The van der Waals surface area contributed by atoms with Gasteiger partial charge in [0, 0.05) is 79.0 Å². The molecule has 2 bridgehead atoms. The number of piperazine rings is 1. The Hall–Kier alpha value is -5.95. The predicted octanol–water partition coefficient (Wildman–Crippen LogP) is 4.80. The second kappa shape index (κ2) is 17.8. The normalized spacial score (nSPS) is 21.8. The molecule has 0 spiro atoms. The number of ether oxygens (including phenoxy) is 1. The molecule has 9 rings (SSSR count). The average Bonchev–Trinajstić information content (AvgIpc) is 3.94. The summed E-state index contributed by atoms with van der Waals surface area (Å²) in [5.74, 6) is 0.420. The molecule has 3 unspecified atom stereocenters. The fourth-order valence-corrected chi connectivity index (χ4v) is 11.1. The summed E-state index contributed by atoms with van der Waals surface area (Å²) in [5.41, 5.74) is 3.14. The van der Waals surface area contributed by atoms with Gasteiger partial charge in [-0.1, -0.05) is 6.07 Å². The van der Waals surface area contributed by atoms with Gasteiger partial charge >= 0.3 is 0 Å². The van der Waals surface area contributed by atoms with Crippen molar-refractivity contribution in [2.24, 2.45) is 5.92 Å². The van der Waals surface area contributed by atoms with Gasteiger partial charge in [0.15, 0.2) is 0 Å². The van der Waals surface area contributed by atoms with Gasteiger partial charge < -0.3 is 20.3 Å². The Bertz CT molecular complexity index is 2610. The topological polar surface area (TPSA) is 199 Å². The zero-order valence-corrected chi connectivity index (χ0v) is 38.0. The van der Waals surface area contributed by atoms with Gasteiger partial charge in [0.05, 0.1) is 16.0 Å². The summed E-state index contributed by atoms with van der Waals surface area (Å²) >= 11 is 0. The van der Waals surface area contributed by atoms with Crippen LogP contribution in [0.25, 0.3) is 0 Å². The minimum Gasteiger partial charge on any atom is -0.492 e. The Morgan fingerprint density at radius 2 is 1.63 bits per heavy atom. The van der Waals surface area contributed by atoms with Gasteiger partial charge in [-0.05, 0) is 133 Å². The lowest BCUT2D eigenvalue weighted by Gasteiger charge is -2.39. The van der Waals surface area contributed by atoms with Gasteiger partial charge in [-0.25, -0.2) is 18.1 Å². The summed E-state index contributed by atoms with van der Waals surface area (Å²) in [5, 5.41) is 8.74. The van der Waals surface area contributed by atoms with Crippen molar-refractivity contribution in [3.63, 3.8) is 0 Å². The Kier molecular flexibility index (Phi) is 12.1. The number of carbonyl (C=O) groups is 4. The van der Waals surface area contributed by atoms with Crippen molar-refractivity contribution < 1.29 is 32.3 Å². The lowest BCUT2D eigenvalue weighted by molar-refractivity contribution is -0.136. The number of imide groups is 2. The number of anilines is 5. The number of rotatable bonds is 14. The highest BCUT2D eigenvalue weighted by atomic mass is 32.2. The minimum absolute atomic E-state index is 0.0950. The van der Waals surface area contributed by atoms with Gasteiger partial charge in [-0.3, -0.25) is 39.2 Å². The molecule has 5 aliphatic heterocycles. The third kappa shape index (κ3) is 9.71. The van der Waals surface area contributed by atoms with E-state index in [2.05, 4.69) is 45.3 Å². The monoisotopic (exact) mass is 904 g/mol. The van der Waals surface area contributed by atoms with Gasteiger partial charge in [-0.15, -0.1) is 0 Å². The van der Waals surface area contributed by atoms with E-state index in [4.69, 9.17) is 4.74 Å². The Morgan fingerprint density at radius 1 is 0.862 bits per heavy atom. The molecule has 342 valence electrons. The molecule has 65 heavy (non-hydrogen) atoms. The molecule has 3 atom stereocenters. The molecular formula is C47H56N10O7S. The van der Waals surface area contributed by atoms with Crippen LogP contribution in [-0.2, 0) is 19.6 Å². The molecule has 18 heteroatoms. The van der Waals surface area contributed by atoms with Gasteiger partial charge in [-0.2, -0.15) is 4.98 Å². The highest BCUT2D eigenvalue weighted by molar-refractivity contribution is 7.89. The van der Waals surface area contributed by atoms with E-state index < -0.39 is 39.3 Å². The number of nitrogens with one attached hydrogen (secondary N) is 4. The molecule has 4 fully saturated rings. The highest BCUT2D eigenvalue weighted by Crippen LogP contribution is 2.38. The quantitative estimate of drug-likeness (QED) is 0.126. The molecule has 4 saturated heterocycles. The van der Waals surface area contributed by atoms with Crippen LogP contribution in [0.1, 0.15) is 79.2 Å². The van der Waals surface area contributed by atoms with Gasteiger partial charge in [0.2, 0.25) is 27.8 Å². The molecule has 4 N–H and O–H groups in total. The maximum absolute atomic E-state index is 13.4. The fraction of sp³-hybridized carbons (Fsp3) is 0.447. The van der Waals surface area contributed by atoms with Crippen LogP contribution in [0.4, 0.5) is 28.8 Å². The lowest BCUT2D eigenvalue weighted by atomic mass is 9.96. The molecule has 0 saturated carbocycles. The zero-order valence-electron chi connectivity index (χ0n) is 37.2. The molecule has 4 amide bonds. The number of amides is 4. The summed E-state index contributed by atoms with van der Waals surface area (Å²) in [6.45, 7) is 13.7. The number of hydrogen-bond donors (Lipinski definition) is 4. The molecule has 6 heterocycles. The van der Waals surface area contributed by atoms with Crippen LogP contribution >= 0.6 is 0 Å². The summed E-state index contributed by atoms with van der Waals surface area (Å²) in [7, 11) is -3.70. The van der Waals surface area contributed by atoms with Crippen LogP contribution in [0.2, 0.25) is 0 Å². The van der Waals surface area contributed by atoms with Crippen molar-refractivity contribution in [2.75, 3.05) is 61.4 Å². The molecule has 5 aliphatic rings. The molecule has 4 aromatic rings. The van der Waals surface area contributed by atoms with Crippen molar-refractivity contribution in [3.8, 4) is 5.75 Å². The van der Waals surface area contributed by atoms with E-state index in [1.54, 1.807) is 57.3 Å². The van der Waals surface area contributed by atoms with Crippen molar-refractivity contribution in [1.29, 1.82) is 0 Å². The van der Waals surface area contributed by atoms with Crippen LogP contribution in [0, 0.1) is 12.8 Å². The summed E-state index contributed by atoms with van der Waals surface area (Å²) in [6, 6.07) is 19.6. The van der Waals surface area contributed by atoms with Crippen molar-refractivity contribution in [1.82, 2.24) is 34.7 Å². The minimum atomic E-state index is -3.70. The molecular weight excluding hydrogens is 849 g/mol. The predicted molar refractivity (Wildman–Crippen MR) is 245 cm³/mol. The largest absolute Gasteiger partial charge is 0.492 e. The maximum Gasteiger partial charge on any atom is 0.262 e. The highest BCUT2D eigenvalue weighted by Gasteiger charge is 2.47. The van der Waals surface area contributed by atoms with E-state index in [9.17, 15) is 27.6 Å². The molecule has 0 aliphatic carbocycles. The first-order valence-electron chi connectivity index (χ1n) is 22.4. The van der Waals surface area contributed by atoms with E-state index in [1.807, 2.05) is 43.3 Å². The Balaban J connectivity index is 0.699. The smallest absolute Gasteiger partial charge is 0.262 e. The van der Waals surface area contributed by atoms with E-state index >= 15 is 0 Å². The number of hydrogen-bond acceptors (Lipinski definition) is 14. The SMILES string of the molecule is Cc1cnc(Nc2ccc(OCCN3CCC(CN4CC5CC4CN5c4ccc5c(c4)C(=O)N(C4CCC(=O)NC4=O)C5=O)CC3)cc2)nc1Nc1cccc(S(=O)(=O)NC(C)(C)C)c1. The molecule has 1 aromatic heterocycles. The standard InChI is InChI=1S/C47H56N10O7S/c1-29-25-48-46(52-42(29)49-32-6-5-7-37(22-32)65(62,63)53-47(2,3)4)50-31-8-11-36(12-9-31)64-21-20-54-18-16-30(17-19-54)26-55-27-35-23-34(55)28-56(35)33-10-13-38-39(24-33)45(61)57(44(38)60)40-14-15-41(58)51-43(40)59/h5-13,22,24-25,30,34-35,40,53H,14-21,23,26-28H2,1-4H3,(H,51,58,59)(H2,48,49,50,52). The summed E-state index contributed by atoms with van der Waals surface area (Å²) < 4.78 is 34.6.